The van der Waals surface area contributed by atoms with Crippen LogP contribution in [0.4, 0.5) is 0 Å². The van der Waals surface area contributed by atoms with Gasteiger partial charge in [0.15, 0.2) is 5.11 Å². The molecule has 6 nitrogen and oxygen atoms in total. The van der Waals surface area contributed by atoms with E-state index >= 15 is 0 Å². The van der Waals surface area contributed by atoms with Gasteiger partial charge >= 0.3 is 0 Å². The smallest absolute Gasteiger partial charge is 0.265 e. The van der Waals surface area contributed by atoms with E-state index in [1.54, 1.807) is 0 Å². The fourth-order valence-corrected chi connectivity index (χ4v) is 2.02. The van der Waals surface area contributed by atoms with Gasteiger partial charge < -0.3 is 9.90 Å². The monoisotopic (exact) mass is 303 g/mol. The van der Waals surface area contributed by atoms with Crippen LogP contribution < -0.4 is 5.11 Å². The second-order valence-electron chi connectivity index (χ2n) is 4.48. The second kappa shape index (κ2) is 5.45. The van der Waals surface area contributed by atoms with Crippen molar-refractivity contribution in [2.24, 2.45) is 0 Å². The van der Waals surface area contributed by atoms with Crippen LogP contribution in [0.3, 0.4) is 0 Å². The summed E-state index contributed by atoms with van der Waals surface area (Å²) in [6.07, 6.45) is 1.40. The molecule has 1 heterocycles. The minimum absolute atomic E-state index is 0.0221. The van der Waals surface area contributed by atoms with Crippen LogP contribution in [0.5, 0.6) is 0 Å². The Hall–Kier alpha value is -2.54. The van der Waals surface area contributed by atoms with Gasteiger partial charge in [0.25, 0.3) is 11.8 Å². The van der Waals surface area contributed by atoms with Gasteiger partial charge in [0, 0.05) is 14.1 Å². The van der Waals surface area contributed by atoms with Crippen molar-refractivity contribution in [2.75, 3.05) is 14.1 Å². The number of hydrogen-bond donors (Lipinski definition) is 0. The Labute approximate surface area is 126 Å². The molecule has 1 fully saturated rings. The Morgan fingerprint density at radius 3 is 2.00 bits per heavy atom. The van der Waals surface area contributed by atoms with Crippen LogP contribution in [0.1, 0.15) is 15.9 Å². The maximum absolute atomic E-state index is 12.1. The summed E-state index contributed by atoms with van der Waals surface area (Å²) in [5.41, 5.74) is 0.523. The number of carboxylic acids is 1. The number of carboxylic acid groups (broad SMARTS) is 1. The lowest BCUT2D eigenvalue weighted by molar-refractivity contribution is -0.255. The number of amides is 2. The zero-order chi connectivity index (χ0) is 15.7. The van der Waals surface area contributed by atoms with Crippen molar-refractivity contribution in [3.8, 4) is 0 Å². The maximum Gasteiger partial charge on any atom is 0.265 e. The molecule has 0 atom stereocenters. The third-order valence-electron chi connectivity index (χ3n) is 3.10. The van der Waals surface area contributed by atoms with E-state index in [4.69, 9.17) is 12.2 Å². The molecule has 1 aromatic rings. The lowest BCUT2D eigenvalue weighted by atomic mass is 10.1. The average molecular weight is 303 g/mol. The number of rotatable bonds is 2. The van der Waals surface area contributed by atoms with E-state index in [1.807, 2.05) is 0 Å². The number of hydrogen-bond acceptors (Lipinski definition) is 5. The molecule has 0 N–H and O–H groups in total. The number of likely N-dealkylation sites (N-methyl/N-ethyl adjacent to an activating group) is 2. The van der Waals surface area contributed by atoms with Gasteiger partial charge in [-0.25, -0.2) is 0 Å². The summed E-state index contributed by atoms with van der Waals surface area (Å²) in [6.45, 7) is 0. The molecule has 0 unspecified atom stereocenters. The summed E-state index contributed by atoms with van der Waals surface area (Å²) in [5, 5.41) is 10.8. The first-order valence-electron chi connectivity index (χ1n) is 5.96. The van der Waals surface area contributed by atoms with E-state index in [2.05, 4.69) is 0 Å². The van der Waals surface area contributed by atoms with E-state index in [-0.39, 0.29) is 16.2 Å². The summed E-state index contributed by atoms with van der Waals surface area (Å²) in [6, 6.07) is 5.67. The quantitative estimate of drug-likeness (QED) is 0.424. The molecule has 21 heavy (non-hydrogen) atoms. The SMILES string of the molecule is CN1C(=O)C(=Cc2ccc(C(=O)[O-])cc2)C(=O)N(C)C1=S. The van der Waals surface area contributed by atoms with Crippen LogP contribution in [-0.4, -0.2) is 46.8 Å². The first-order valence-corrected chi connectivity index (χ1v) is 6.37. The molecule has 0 aromatic heterocycles. The molecule has 2 rings (SSSR count). The highest BCUT2D eigenvalue weighted by Crippen LogP contribution is 2.18. The Morgan fingerprint density at radius 2 is 1.57 bits per heavy atom. The van der Waals surface area contributed by atoms with Crippen molar-refractivity contribution in [2.45, 2.75) is 0 Å². The molecule has 2 amide bonds. The summed E-state index contributed by atoms with van der Waals surface area (Å²) in [7, 11) is 2.97. The molecule has 108 valence electrons. The zero-order valence-corrected chi connectivity index (χ0v) is 12.1. The second-order valence-corrected chi connectivity index (χ2v) is 4.84. The van der Waals surface area contributed by atoms with Gasteiger partial charge in [-0.1, -0.05) is 24.3 Å². The number of carbonyl (C=O) groups is 3. The van der Waals surface area contributed by atoms with Gasteiger partial charge in [-0.2, -0.15) is 0 Å². The van der Waals surface area contributed by atoms with Crippen LogP contribution in [-0.2, 0) is 9.59 Å². The molecule has 0 radical (unpaired) electrons. The predicted octanol–water partition coefficient (Wildman–Crippen LogP) is -0.351. The molecule has 1 saturated heterocycles. The Balaban J connectivity index is 2.39. The van der Waals surface area contributed by atoms with E-state index in [0.29, 0.717) is 5.56 Å². The van der Waals surface area contributed by atoms with Crippen LogP contribution in [0.25, 0.3) is 6.08 Å². The molecule has 0 bridgehead atoms. The van der Waals surface area contributed by atoms with Crippen molar-refractivity contribution < 1.29 is 19.5 Å². The number of nitrogens with zero attached hydrogens (tertiary/aromatic N) is 2. The topological polar surface area (TPSA) is 80.7 Å². The van der Waals surface area contributed by atoms with Crippen molar-refractivity contribution in [3.05, 3.63) is 41.0 Å². The summed E-state index contributed by atoms with van der Waals surface area (Å²) >= 11 is 4.98. The lowest BCUT2D eigenvalue weighted by Crippen LogP contribution is -2.52. The van der Waals surface area contributed by atoms with Crippen molar-refractivity contribution in [1.29, 1.82) is 0 Å². The molecule has 0 spiro atoms. The average Bonchev–Trinajstić information content (AvgIpc) is 2.48. The third kappa shape index (κ3) is 2.68. The van der Waals surface area contributed by atoms with Gasteiger partial charge in [-0.05, 0) is 29.4 Å². The van der Waals surface area contributed by atoms with E-state index in [1.165, 1.54) is 54.2 Å². The van der Waals surface area contributed by atoms with Gasteiger partial charge in [-0.3, -0.25) is 19.4 Å². The number of benzene rings is 1. The standard InChI is InChI=1S/C14H12N2O4S/c1-15-11(17)10(12(18)16(2)14(15)21)7-8-3-5-9(6-4-8)13(19)20/h3-7H,1-2H3,(H,19,20)/p-1. The molecule has 1 aliphatic rings. The van der Waals surface area contributed by atoms with E-state index in [0.717, 1.165) is 0 Å². The first kappa shape index (κ1) is 14.9. The molecular formula is C14H11N2O4S-. The Morgan fingerprint density at radius 1 is 1.10 bits per heavy atom. The number of aromatic carboxylic acids is 1. The van der Waals surface area contributed by atoms with Crippen LogP contribution in [0.15, 0.2) is 29.8 Å². The summed E-state index contributed by atoms with van der Waals surface area (Å²) < 4.78 is 0. The fraction of sp³-hybridized carbons (Fsp3) is 0.143. The minimum atomic E-state index is -1.29. The van der Waals surface area contributed by atoms with Crippen molar-refractivity contribution in [3.63, 3.8) is 0 Å². The van der Waals surface area contributed by atoms with Crippen LogP contribution in [0.2, 0.25) is 0 Å². The van der Waals surface area contributed by atoms with Gasteiger partial charge in [0.2, 0.25) is 0 Å². The third-order valence-corrected chi connectivity index (χ3v) is 3.65. The maximum atomic E-state index is 12.1. The number of thiocarbonyl (C=S) groups is 1. The Kier molecular flexibility index (Phi) is 3.86. The van der Waals surface area contributed by atoms with Gasteiger partial charge in [0.05, 0.1) is 5.97 Å². The minimum Gasteiger partial charge on any atom is -0.545 e. The van der Waals surface area contributed by atoms with Crippen molar-refractivity contribution >= 4 is 41.2 Å². The van der Waals surface area contributed by atoms with E-state index in [9.17, 15) is 19.5 Å². The van der Waals surface area contributed by atoms with Crippen LogP contribution in [0, 0.1) is 0 Å². The predicted molar refractivity (Wildman–Crippen MR) is 76.9 cm³/mol. The zero-order valence-electron chi connectivity index (χ0n) is 11.3. The highest BCUT2D eigenvalue weighted by Gasteiger charge is 2.35. The molecule has 0 aliphatic carbocycles. The fourth-order valence-electron chi connectivity index (χ4n) is 1.86. The van der Waals surface area contributed by atoms with Crippen LogP contribution >= 0.6 is 12.2 Å². The van der Waals surface area contributed by atoms with Gasteiger partial charge in [-0.15, -0.1) is 0 Å². The summed E-state index contributed by atoms with van der Waals surface area (Å²) in [5.74, 6) is -2.28. The highest BCUT2D eigenvalue weighted by atomic mass is 32.1. The van der Waals surface area contributed by atoms with Gasteiger partial charge in [0.1, 0.15) is 5.57 Å². The molecule has 7 heteroatoms. The number of carbonyl (C=O) groups excluding carboxylic acids is 3. The first-order chi connectivity index (χ1) is 9.82. The summed E-state index contributed by atoms with van der Waals surface area (Å²) in [4.78, 5) is 37.3. The highest BCUT2D eigenvalue weighted by molar-refractivity contribution is 7.80. The molecule has 0 saturated carbocycles. The lowest BCUT2D eigenvalue weighted by Gasteiger charge is -2.31. The molecular weight excluding hydrogens is 292 g/mol. The Bertz CT molecular complexity index is 653. The van der Waals surface area contributed by atoms with Crippen molar-refractivity contribution in [1.82, 2.24) is 9.80 Å². The normalized spacial score (nSPS) is 15.5. The molecule has 1 aliphatic heterocycles. The van der Waals surface area contributed by atoms with E-state index < -0.39 is 17.8 Å². The largest absolute Gasteiger partial charge is 0.545 e. The molecule has 1 aromatic carbocycles.